The van der Waals surface area contributed by atoms with E-state index in [0.29, 0.717) is 77.6 Å². The Bertz CT molecular complexity index is 4120. The molecule has 370 valence electrons. The number of rotatable bonds is 6. The highest BCUT2D eigenvalue weighted by molar-refractivity contribution is 6.91. The van der Waals surface area contributed by atoms with E-state index in [2.05, 4.69) is 153 Å². The fourth-order valence-electron chi connectivity index (χ4n) is 12.1. The van der Waals surface area contributed by atoms with Gasteiger partial charge in [-0.2, -0.15) is 0 Å². The first-order valence-electron chi connectivity index (χ1n) is 26.3. The standard InChI is InChI=1S/C66H58N8Si2/c1-41(2)75(42(3)4,43(5)6)35-17-15-25-49-39-57-55(71-63-51-27-19-31-67-59(51)61-53(65(63)73-57)29-21-33-69-61)37-47(49)23-13-14-24-48-38-56-58(40-50(48)26-16-18-36-76(44(7)8,45(9)10)46(11)12)74-66-54-30-22-34-70-62(54)60-52(64(66)72-56)28-20-32-68-60/h19-22,27-34,37-46H,1-12H3. The molecule has 0 N–H and O–H groups in total. The maximum absolute atomic E-state index is 5.25. The topological polar surface area (TPSA) is 103 Å². The summed E-state index contributed by atoms with van der Waals surface area (Å²) in [5.74, 6) is 33.1. The molecule has 0 spiro atoms. The average molecular weight is 1020 g/mol. The summed E-state index contributed by atoms with van der Waals surface area (Å²) in [6.45, 7) is 27.7. The Morgan fingerprint density at radius 1 is 0.303 bits per heavy atom. The molecule has 0 bridgehead atoms. The van der Waals surface area contributed by atoms with Crippen molar-refractivity contribution in [3.8, 4) is 70.3 Å². The molecule has 0 amide bonds. The van der Waals surface area contributed by atoms with Gasteiger partial charge in [0.05, 0.1) is 66.2 Å². The van der Waals surface area contributed by atoms with Crippen LogP contribution in [0.2, 0.25) is 33.2 Å². The van der Waals surface area contributed by atoms with E-state index >= 15 is 0 Å². The molecule has 10 rings (SSSR count). The van der Waals surface area contributed by atoms with Gasteiger partial charge in [-0.25, -0.2) is 19.9 Å². The summed E-state index contributed by atoms with van der Waals surface area (Å²) in [5, 5.41) is 3.51. The fourth-order valence-corrected chi connectivity index (χ4v) is 22.3. The number of pyridine rings is 4. The van der Waals surface area contributed by atoms with Crippen molar-refractivity contribution >= 4 is 104 Å². The zero-order valence-electron chi connectivity index (χ0n) is 45.3. The highest BCUT2D eigenvalue weighted by atomic mass is 28.3. The molecule has 0 aliphatic rings. The number of nitrogens with zero attached hydrogens (tertiary/aromatic N) is 8. The Kier molecular flexibility index (Phi) is 13.9. The molecule has 0 fully saturated rings. The zero-order valence-corrected chi connectivity index (χ0v) is 47.3. The molecule has 4 aromatic carbocycles. The molecule has 0 aliphatic carbocycles. The van der Waals surface area contributed by atoms with Crippen LogP contribution in [-0.2, 0) is 0 Å². The van der Waals surface area contributed by atoms with Gasteiger partial charge in [-0.1, -0.05) is 107 Å². The van der Waals surface area contributed by atoms with Crippen molar-refractivity contribution in [3.05, 3.63) is 120 Å². The van der Waals surface area contributed by atoms with E-state index in [4.69, 9.17) is 39.9 Å². The third kappa shape index (κ3) is 8.95. The average Bonchev–Trinajstić information content (AvgIpc) is 3.51. The Hall–Kier alpha value is -8.49. The molecule has 0 unspecified atom stereocenters. The molecular weight excluding hydrogens is 961 g/mol. The first-order valence-corrected chi connectivity index (χ1v) is 30.7. The molecule has 10 heteroatoms. The highest BCUT2D eigenvalue weighted by Crippen LogP contribution is 2.42. The molecule has 6 heterocycles. The Balaban J connectivity index is 1.16. The highest BCUT2D eigenvalue weighted by Gasteiger charge is 2.42. The van der Waals surface area contributed by atoms with Crippen molar-refractivity contribution in [1.82, 2.24) is 39.9 Å². The summed E-state index contributed by atoms with van der Waals surface area (Å²) in [4.78, 5) is 39.9. The van der Waals surface area contributed by atoms with Crippen molar-refractivity contribution in [2.45, 2.75) is 116 Å². The minimum absolute atomic E-state index is 0.478. The second-order valence-electron chi connectivity index (χ2n) is 21.5. The van der Waals surface area contributed by atoms with E-state index in [0.717, 1.165) is 65.7 Å². The number of benzene rings is 4. The normalized spacial score (nSPS) is 11.8. The van der Waals surface area contributed by atoms with E-state index in [9.17, 15) is 0 Å². The van der Waals surface area contributed by atoms with E-state index < -0.39 is 16.1 Å². The quantitative estimate of drug-likeness (QED) is 0.0702. The number of aromatic nitrogens is 8. The zero-order chi connectivity index (χ0) is 53.5. The van der Waals surface area contributed by atoms with Gasteiger partial charge >= 0.3 is 0 Å². The van der Waals surface area contributed by atoms with Crippen LogP contribution in [0.5, 0.6) is 0 Å². The smallest absolute Gasteiger partial charge is 0.147 e. The van der Waals surface area contributed by atoms with Crippen LogP contribution in [-0.4, -0.2) is 56.0 Å². The van der Waals surface area contributed by atoms with Gasteiger partial charge in [0.25, 0.3) is 0 Å². The van der Waals surface area contributed by atoms with E-state index in [1.165, 1.54) is 0 Å². The van der Waals surface area contributed by atoms with Crippen LogP contribution in [0.25, 0.3) is 87.7 Å². The Labute approximate surface area is 447 Å². The van der Waals surface area contributed by atoms with Gasteiger partial charge in [0.1, 0.15) is 16.1 Å². The van der Waals surface area contributed by atoms with Crippen LogP contribution in [0.4, 0.5) is 0 Å². The third-order valence-corrected chi connectivity index (χ3v) is 28.2. The monoisotopic (exact) mass is 1020 g/mol. The molecule has 0 saturated carbocycles. The van der Waals surface area contributed by atoms with Gasteiger partial charge in [-0.3, -0.25) is 19.9 Å². The minimum atomic E-state index is -2.03. The van der Waals surface area contributed by atoms with Crippen molar-refractivity contribution in [2.75, 3.05) is 0 Å². The Morgan fingerprint density at radius 3 is 0.750 bits per heavy atom. The summed E-state index contributed by atoms with van der Waals surface area (Å²) in [7, 11) is -4.05. The molecule has 10 aromatic rings. The summed E-state index contributed by atoms with van der Waals surface area (Å²) < 4.78 is 0. The van der Waals surface area contributed by atoms with Gasteiger partial charge < -0.3 is 0 Å². The first-order chi connectivity index (χ1) is 36.6. The van der Waals surface area contributed by atoms with Crippen LogP contribution in [0, 0.1) is 70.3 Å². The summed E-state index contributed by atoms with van der Waals surface area (Å²) >= 11 is 0. The lowest BCUT2D eigenvalue weighted by Crippen LogP contribution is -2.43. The fraction of sp³-hybridized carbons (Fsp3) is 0.273. The van der Waals surface area contributed by atoms with Gasteiger partial charge in [-0.05, 0) is 142 Å². The molecule has 0 saturated heterocycles. The Morgan fingerprint density at radius 2 is 0.526 bits per heavy atom. The first kappa shape index (κ1) is 51.0. The molecule has 6 aromatic heterocycles. The maximum Gasteiger partial charge on any atom is 0.147 e. The number of hydrogen-bond acceptors (Lipinski definition) is 8. The lowest BCUT2D eigenvalue weighted by Gasteiger charge is -2.37. The number of fused-ring (bicyclic) bond motifs is 14. The van der Waals surface area contributed by atoms with Crippen molar-refractivity contribution in [2.24, 2.45) is 0 Å². The van der Waals surface area contributed by atoms with Gasteiger partial charge in [0, 0.05) is 68.6 Å². The predicted octanol–water partition coefficient (Wildman–Crippen LogP) is 14.6. The van der Waals surface area contributed by atoms with Crippen molar-refractivity contribution in [3.63, 3.8) is 0 Å². The second-order valence-corrected chi connectivity index (χ2v) is 32.7. The largest absolute Gasteiger partial charge is 0.254 e. The molecule has 0 atom stereocenters. The van der Waals surface area contributed by atoms with Crippen molar-refractivity contribution in [1.29, 1.82) is 0 Å². The van der Waals surface area contributed by atoms with Crippen LogP contribution in [0.1, 0.15) is 105 Å². The SMILES string of the molecule is CC(C)[Si](C#CC#Cc1cc2nc3c4cccnc4c4ncccc4c3nc2cc1C#CC#Cc1cc2nc3c4cccnc4c4ncccc4c3nc2cc1C#CC#C[Si](C(C)C)(C(C)C)C(C)C)(C(C)C)C(C)C. The van der Waals surface area contributed by atoms with E-state index in [1.807, 2.05) is 72.8 Å². The summed E-state index contributed by atoms with van der Waals surface area (Å²) in [6.07, 6.45) is 7.13. The van der Waals surface area contributed by atoms with Gasteiger partial charge in [-0.15, -0.1) is 11.1 Å². The van der Waals surface area contributed by atoms with Crippen molar-refractivity contribution < 1.29 is 0 Å². The van der Waals surface area contributed by atoms with Gasteiger partial charge in [0.2, 0.25) is 0 Å². The molecule has 0 aliphatic heterocycles. The molecular formula is C66H58N8Si2. The lowest BCUT2D eigenvalue weighted by molar-refractivity contribution is 0.838. The number of hydrogen-bond donors (Lipinski definition) is 0. The minimum Gasteiger partial charge on any atom is -0.254 e. The van der Waals surface area contributed by atoms with E-state index in [1.54, 1.807) is 24.8 Å². The summed E-state index contributed by atoms with van der Waals surface area (Å²) in [5.41, 5.74) is 21.9. The van der Waals surface area contributed by atoms with Crippen LogP contribution in [0.15, 0.2) is 97.6 Å². The second kappa shape index (κ2) is 20.7. The van der Waals surface area contributed by atoms with Crippen LogP contribution < -0.4 is 0 Å². The van der Waals surface area contributed by atoms with E-state index in [-0.39, 0.29) is 0 Å². The summed E-state index contributed by atoms with van der Waals surface area (Å²) in [6, 6.07) is 23.6. The molecule has 8 nitrogen and oxygen atoms in total. The predicted molar refractivity (Wildman–Crippen MR) is 320 cm³/mol. The maximum atomic E-state index is 5.25. The van der Waals surface area contributed by atoms with Crippen LogP contribution in [0.3, 0.4) is 0 Å². The lowest BCUT2D eigenvalue weighted by atomic mass is 10.0. The molecule has 76 heavy (non-hydrogen) atoms. The van der Waals surface area contributed by atoms with Crippen LogP contribution >= 0.6 is 0 Å². The van der Waals surface area contributed by atoms with Gasteiger partial charge in [0.15, 0.2) is 0 Å². The molecule has 0 radical (unpaired) electrons. The third-order valence-electron chi connectivity index (χ3n) is 15.6.